The van der Waals surface area contributed by atoms with Gasteiger partial charge in [0.15, 0.2) is 23.0 Å². The molecule has 1 atom stereocenters. The minimum Gasteiger partial charge on any atom is -0.507 e. The minimum atomic E-state index is -0.817. The predicted octanol–water partition coefficient (Wildman–Crippen LogP) is 5.59. The van der Waals surface area contributed by atoms with Gasteiger partial charge in [0.2, 0.25) is 0 Å². The van der Waals surface area contributed by atoms with Crippen molar-refractivity contribution in [1.29, 1.82) is 0 Å². The quantitative estimate of drug-likeness (QED) is 0.154. The van der Waals surface area contributed by atoms with E-state index in [0.29, 0.717) is 73.5 Å². The van der Waals surface area contributed by atoms with Gasteiger partial charge in [-0.15, -0.1) is 0 Å². The average molecular weight is 601 g/mol. The van der Waals surface area contributed by atoms with E-state index in [4.69, 9.17) is 18.9 Å². The number of rotatable bonds is 13. The van der Waals surface area contributed by atoms with Crippen LogP contribution >= 0.6 is 0 Å². The van der Waals surface area contributed by atoms with Crippen LogP contribution in [0.2, 0.25) is 0 Å². The predicted molar refractivity (Wildman–Crippen MR) is 167 cm³/mol. The van der Waals surface area contributed by atoms with Crippen molar-refractivity contribution in [3.63, 3.8) is 0 Å². The van der Waals surface area contributed by atoms with Gasteiger partial charge in [-0.25, -0.2) is 0 Å². The first-order valence-electron chi connectivity index (χ1n) is 15.3. The van der Waals surface area contributed by atoms with Gasteiger partial charge in [0.25, 0.3) is 11.7 Å². The van der Waals surface area contributed by atoms with Gasteiger partial charge in [-0.1, -0.05) is 50.2 Å². The van der Waals surface area contributed by atoms with Crippen molar-refractivity contribution in [1.82, 2.24) is 9.80 Å². The number of carbonyl (C=O) groups is 2. The Morgan fingerprint density at radius 3 is 2.39 bits per heavy atom. The van der Waals surface area contributed by atoms with E-state index >= 15 is 0 Å². The molecule has 1 amide bonds. The standard InChI is InChI=1S/C35H40N2O7/c1-4-36(5-2)17-10-18-37-32(25-13-15-28(29(21-25)41-6-3)44-23-24-11-8-7-9-12-24)31(34(39)35(37)40)33(38)26-14-16-27-30(22-26)43-20-19-42-27/h7-9,11-16,21-22,32,38H,4-6,10,17-20,23H2,1-3H3/b33-31+/t32-/m1/s1. The highest BCUT2D eigenvalue weighted by atomic mass is 16.6. The van der Waals surface area contributed by atoms with Crippen molar-refractivity contribution in [2.24, 2.45) is 0 Å². The summed E-state index contributed by atoms with van der Waals surface area (Å²) in [6, 6.07) is 19.4. The van der Waals surface area contributed by atoms with Crippen molar-refractivity contribution in [2.75, 3.05) is 46.0 Å². The minimum absolute atomic E-state index is 0.0231. The highest BCUT2D eigenvalue weighted by molar-refractivity contribution is 6.46. The van der Waals surface area contributed by atoms with Crippen molar-refractivity contribution in [3.8, 4) is 23.0 Å². The molecule has 0 unspecified atom stereocenters. The van der Waals surface area contributed by atoms with Crippen LogP contribution in [0.5, 0.6) is 23.0 Å². The van der Waals surface area contributed by atoms with E-state index in [2.05, 4.69) is 18.7 Å². The number of ether oxygens (including phenoxy) is 4. The number of hydrogen-bond donors (Lipinski definition) is 1. The Balaban J connectivity index is 1.53. The van der Waals surface area contributed by atoms with Gasteiger partial charge in [-0.05, 0) is 74.4 Å². The Kier molecular flexibility index (Phi) is 10.1. The van der Waals surface area contributed by atoms with Gasteiger partial charge in [-0.2, -0.15) is 0 Å². The van der Waals surface area contributed by atoms with E-state index in [0.717, 1.165) is 25.2 Å². The summed E-state index contributed by atoms with van der Waals surface area (Å²) in [5.74, 6) is 0.443. The number of amides is 1. The van der Waals surface area contributed by atoms with E-state index in [1.807, 2.05) is 43.3 Å². The Hall–Kier alpha value is -4.50. The summed E-state index contributed by atoms with van der Waals surface area (Å²) in [7, 11) is 0. The van der Waals surface area contributed by atoms with Gasteiger partial charge in [0, 0.05) is 12.1 Å². The lowest BCUT2D eigenvalue weighted by atomic mass is 9.94. The normalized spacial score (nSPS) is 17.3. The fourth-order valence-electron chi connectivity index (χ4n) is 5.63. The molecule has 2 aliphatic rings. The first kappa shape index (κ1) is 30.9. The van der Waals surface area contributed by atoms with Crippen LogP contribution in [0.3, 0.4) is 0 Å². The van der Waals surface area contributed by atoms with Gasteiger partial charge < -0.3 is 33.9 Å². The molecule has 3 aromatic rings. The molecule has 2 aliphatic heterocycles. The number of aliphatic hydroxyl groups is 1. The van der Waals surface area contributed by atoms with Crippen molar-refractivity contribution in [2.45, 2.75) is 39.8 Å². The lowest BCUT2D eigenvalue weighted by Gasteiger charge is -2.27. The zero-order valence-electron chi connectivity index (χ0n) is 25.6. The number of nitrogens with zero attached hydrogens (tertiary/aromatic N) is 2. The molecule has 9 nitrogen and oxygen atoms in total. The van der Waals surface area contributed by atoms with E-state index in [9.17, 15) is 14.7 Å². The summed E-state index contributed by atoms with van der Waals surface area (Å²) in [6.45, 7) is 10.6. The van der Waals surface area contributed by atoms with E-state index in [1.165, 1.54) is 0 Å². The van der Waals surface area contributed by atoms with Crippen LogP contribution in [0.1, 0.15) is 49.9 Å². The Bertz CT molecular complexity index is 1500. The zero-order valence-corrected chi connectivity index (χ0v) is 25.6. The second-order valence-electron chi connectivity index (χ2n) is 10.6. The molecule has 44 heavy (non-hydrogen) atoms. The number of fused-ring (bicyclic) bond motifs is 1. The molecule has 5 rings (SSSR count). The monoisotopic (exact) mass is 600 g/mol. The third-order valence-corrected chi connectivity index (χ3v) is 7.94. The number of benzene rings is 3. The fraction of sp³-hybridized carbons (Fsp3) is 0.371. The van der Waals surface area contributed by atoms with E-state index in [-0.39, 0.29) is 11.3 Å². The number of likely N-dealkylation sites (tertiary alicyclic amines) is 1. The maximum absolute atomic E-state index is 13.6. The molecule has 0 radical (unpaired) electrons. The molecule has 1 N–H and O–H groups in total. The zero-order chi connectivity index (χ0) is 31.1. The molecule has 0 aliphatic carbocycles. The van der Waals surface area contributed by atoms with E-state index < -0.39 is 17.7 Å². The van der Waals surface area contributed by atoms with Gasteiger partial charge in [0.05, 0.1) is 18.2 Å². The van der Waals surface area contributed by atoms with Crippen LogP contribution in [0.25, 0.3) is 5.76 Å². The first-order valence-corrected chi connectivity index (χ1v) is 15.3. The second-order valence-corrected chi connectivity index (χ2v) is 10.6. The number of ketones is 1. The van der Waals surface area contributed by atoms with Crippen molar-refractivity contribution in [3.05, 3.63) is 89.0 Å². The molecule has 0 bridgehead atoms. The number of carbonyl (C=O) groups excluding carboxylic acids is 2. The molecular formula is C35H40N2O7. The Morgan fingerprint density at radius 1 is 0.909 bits per heavy atom. The van der Waals surface area contributed by atoms with Crippen LogP contribution in [-0.4, -0.2) is 72.6 Å². The van der Waals surface area contributed by atoms with Crippen LogP contribution < -0.4 is 18.9 Å². The van der Waals surface area contributed by atoms with Crippen LogP contribution in [0.4, 0.5) is 0 Å². The molecular weight excluding hydrogens is 560 g/mol. The molecule has 232 valence electrons. The average Bonchev–Trinajstić information content (AvgIpc) is 3.31. The molecule has 2 heterocycles. The molecule has 1 saturated heterocycles. The maximum atomic E-state index is 13.6. The maximum Gasteiger partial charge on any atom is 0.295 e. The number of Topliss-reactive ketones (excluding diaryl/α,β-unsaturated/α-hetero) is 1. The number of hydrogen-bond acceptors (Lipinski definition) is 8. The first-order chi connectivity index (χ1) is 21.4. The van der Waals surface area contributed by atoms with Gasteiger partial charge in [0.1, 0.15) is 25.6 Å². The highest BCUT2D eigenvalue weighted by Crippen LogP contribution is 2.43. The summed E-state index contributed by atoms with van der Waals surface area (Å²) < 4.78 is 23.4. The van der Waals surface area contributed by atoms with Gasteiger partial charge >= 0.3 is 0 Å². The summed E-state index contributed by atoms with van der Waals surface area (Å²) in [6.07, 6.45) is 0.672. The number of aliphatic hydroxyl groups excluding tert-OH is 1. The molecule has 0 aromatic heterocycles. The Morgan fingerprint density at radius 2 is 1.66 bits per heavy atom. The largest absolute Gasteiger partial charge is 0.507 e. The third-order valence-electron chi connectivity index (χ3n) is 7.94. The lowest BCUT2D eigenvalue weighted by molar-refractivity contribution is -0.140. The SMILES string of the molecule is CCOc1cc([C@@H]2/C(=C(\O)c3ccc4c(c3)OCCO4)C(=O)C(=O)N2CCCN(CC)CC)ccc1OCc1ccccc1. The summed E-state index contributed by atoms with van der Waals surface area (Å²) in [4.78, 5) is 31.0. The van der Waals surface area contributed by atoms with Crippen LogP contribution in [-0.2, 0) is 16.2 Å². The Labute approximate surface area is 258 Å². The highest BCUT2D eigenvalue weighted by Gasteiger charge is 2.46. The molecule has 9 heteroatoms. The van der Waals surface area contributed by atoms with Crippen LogP contribution in [0.15, 0.2) is 72.3 Å². The molecule has 3 aromatic carbocycles. The molecule has 0 spiro atoms. The van der Waals surface area contributed by atoms with Crippen molar-refractivity contribution < 1.29 is 33.6 Å². The summed E-state index contributed by atoms with van der Waals surface area (Å²) in [5, 5.41) is 11.6. The summed E-state index contributed by atoms with van der Waals surface area (Å²) in [5.41, 5.74) is 2.05. The fourth-order valence-corrected chi connectivity index (χ4v) is 5.63. The van der Waals surface area contributed by atoms with E-state index in [1.54, 1.807) is 35.2 Å². The lowest BCUT2D eigenvalue weighted by Crippen LogP contribution is -2.33. The second kappa shape index (κ2) is 14.3. The van der Waals surface area contributed by atoms with Crippen LogP contribution in [0, 0.1) is 0 Å². The van der Waals surface area contributed by atoms with Crippen molar-refractivity contribution >= 4 is 17.4 Å². The van der Waals surface area contributed by atoms with Gasteiger partial charge in [-0.3, -0.25) is 9.59 Å². The smallest absolute Gasteiger partial charge is 0.295 e. The molecule has 1 fully saturated rings. The molecule has 0 saturated carbocycles. The third kappa shape index (κ3) is 6.68. The summed E-state index contributed by atoms with van der Waals surface area (Å²) >= 11 is 0. The topological polar surface area (TPSA) is 97.8 Å².